The minimum Gasteiger partial charge on any atom is -0.370 e. The van der Waals surface area contributed by atoms with E-state index < -0.39 is 5.82 Å². The standard InChI is InChI=1S/C7H6Cl2FN3/c8-4-1-3(10)2-5(9)6(4)13-7(11)12/h1-2H,(H4,11,12,13). The number of guanidine groups is 1. The van der Waals surface area contributed by atoms with Crippen LogP contribution in [-0.4, -0.2) is 5.96 Å². The van der Waals surface area contributed by atoms with Crippen LogP contribution in [0.15, 0.2) is 12.1 Å². The number of hydrogen-bond acceptors (Lipinski definition) is 1. The third-order valence-electron chi connectivity index (χ3n) is 1.27. The highest BCUT2D eigenvalue weighted by molar-refractivity contribution is 6.39. The van der Waals surface area contributed by atoms with Gasteiger partial charge in [0, 0.05) is 0 Å². The van der Waals surface area contributed by atoms with E-state index in [1.54, 1.807) is 0 Å². The summed E-state index contributed by atoms with van der Waals surface area (Å²) in [7, 11) is 0. The normalized spacial score (nSPS) is 9.77. The maximum atomic E-state index is 12.7. The Balaban J connectivity index is 3.13. The lowest BCUT2D eigenvalue weighted by molar-refractivity contribution is 0.628. The van der Waals surface area contributed by atoms with E-state index in [0.29, 0.717) is 0 Å². The Morgan fingerprint density at radius 3 is 2.23 bits per heavy atom. The Labute approximate surface area is 84.1 Å². The molecule has 1 rings (SSSR count). The van der Waals surface area contributed by atoms with Crippen LogP contribution in [0, 0.1) is 11.2 Å². The fourth-order valence-electron chi connectivity index (χ4n) is 0.796. The van der Waals surface area contributed by atoms with E-state index in [0.717, 1.165) is 12.1 Å². The van der Waals surface area contributed by atoms with E-state index in [4.69, 9.17) is 34.3 Å². The topological polar surface area (TPSA) is 61.9 Å². The fourth-order valence-corrected chi connectivity index (χ4v) is 1.35. The third kappa shape index (κ3) is 2.47. The molecule has 1 aromatic carbocycles. The first kappa shape index (κ1) is 10.1. The second-order valence-electron chi connectivity index (χ2n) is 2.28. The number of halogens is 3. The molecule has 0 unspecified atom stereocenters. The average Bonchev–Trinajstić information content (AvgIpc) is 1.96. The van der Waals surface area contributed by atoms with Crippen molar-refractivity contribution in [2.24, 2.45) is 5.73 Å². The molecule has 0 radical (unpaired) electrons. The molecular formula is C7H6Cl2FN3. The first-order valence-electron chi connectivity index (χ1n) is 3.26. The Kier molecular flexibility index (Phi) is 2.95. The van der Waals surface area contributed by atoms with Gasteiger partial charge in [0.25, 0.3) is 0 Å². The molecule has 0 spiro atoms. The highest BCUT2D eigenvalue weighted by Crippen LogP contribution is 2.30. The number of nitrogens with one attached hydrogen (secondary N) is 2. The van der Waals surface area contributed by atoms with Crippen LogP contribution in [0.1, 0.15) is 0 Å². The summed E-state index contributed by atoms with van der Waals surface area (Å²) < 4.78 is 12.7. The van der Waals surface area contributed by atoms with Gasteiger partial charge in [-0.1, -0.05) is 23.2 Å². The van der Waals surface area contributed by atoms with E-state index >= 15 is 0 Å². The summed E-state index contributed by atoms with van der Waals surface area (Å²) in [6.45, 7) is 0. The van der Waals surface area contributed by atoms with Crippen molar-refractivity contribution in [3.8, 4) is 0 Å². The highest BCUT2D eigenvalue weighted by atomic mass is 35.5. The summed E-state index contributed by atoms with van der Waals surface area (Å²) in [5.41, 5.74) is 5.29. The van der Waals surface area contributed by atoms with E-state index in [9.17, 15) is 4.39 Å². The molecule has 0 fully saturated rings. The van der Waals surface area contributed by atoms with Gasteiger partial charge in [-0.15, -0.1) is 0 Å². The molecule has 0 saturated heterocycles. The van der Waals surface area contributed by atoms with Gasteiger partial charge in [-0.2, -0.15) is 0 Å². The van der Waals surface area contributed by atoms with Crippen LogP contribution in [0.2, 0.25) is 10.0 Å². The van der Waals surface area contributed by atoms with Gasteiger partial charge in [-0.05, 0) is 12.1 Å². The SMILES string of the molecule is N=C(N)Nc1c(Cl)cc(F)cc1Cl. The van der Waals surface area contributed by atoms with Gasteiger partial charge in [0.05, 0.1) is 15.7 Å². The van der Waals surface area contributed by atoms with Gasteiger partial charge in [0.2, 0.25) is 0 Å². The lowest BCUT2D eigenvalue weighted by atomic mass is 10.3. The summed E-state index contributed by atoms with van der Waals surface area (Å²) in [5.74, 6) is -0.848. The van der Waals surface area contributed by atoms with Crippen molar-refractivity contribution in [3.63, 3.8) is 0 Å². The Bertz CT molecular complexity index is 331. The number of rotatable bonds is 1. The van der Waals surface area contributed by atoms with Crippen LogP contribution in [0.3, 0.4) is 0 Å². The highest BCUT2D eigenvalue weighted by Gasteiger charge is 2.08. The second-order valence-corrected chi connectivity index (χ2v) is 3.10. The molecule has 3 nitrogen and oxygen atoms in total. The molecule has 0 aliphatic rings. The Morgan fingerprint density at radius 2 is 1.85 bits per heavy atom. The zero-order valence-corrected chi connectivity index (χ0v) is 7.88. The number of hydrogen-bond donors (Lipinski definition) is 3. The van der Waals surface area contributed by atoms with Crippen LogP contribution in [0.25, 0.3) is 0 Å². The van der Waals surface area contributed by atoms with E-state index in [1.807, 2.05) is 0 Å². The van der Waals surface area contributed by atoms with Crippen molar-refractivity contribution in [3.05, 3.63) is 28.0 Å². The van der Waals surface area contributed by atoms with Gasteiger partial charge in [0.1, 0.15) is 5.82 Å². The molecular weight excluding hydrogens is 216 g/mol. The van der Waals surface area contributed by atoms with Crippen LogP contribution >= 0.6 is 23.2 Å². The van der Waals surface area contributed by atoms with Crippen LogP contribution < -0.4 is 11.1 Å². The number of nitrogens with two attached hydrogens (primary N) is 1. The van der Waals surface area contributed by atoms with Crippen molar-refractivity contribution in [1.29, 1.82) is 5.41 Å². The van der Waals surface area contributed by atoms with Crippen molar-refractivity contribution in [2.75, 3.05) is 5.32 Å². The molecule has 0 bridgehead atoms. The van der Waals surface area contributed by atoms with Crippen LogP contribution in [0.4, 0.5) is 10.1 Å². The zero-order valence-electron chi connectivity index (χ0n) is 6.37. The zero-order chi connectivity index (χ0) is 10.0. The van der Waals surface area contributed by atoms with Crippen LogP contribution in [0.5, 0.6) is 0 Å². The number of benzene rings is 1. The minimum atomic E-state index is -0.538. The lowest BCUT2D eigenvalue weighted by Gasteiger charge is -2.07. The van der Waals surface area contributed by atoms with E-state index in [2.05, 4.69) is 5.32 Å². The van der Waals surface area contributed by atoms with Gasteiger partial charge in [-0.25, -0.2) is 4.39 Å². The molecule has 0 aliphatic carbocycles. The Morgan fingerprint density at radius 1 is 1.38 bits per heavy atom. The summed E-state index contributed by atoms with van der Waals surface area (Å²) in [5, 5.41) is 9.50. The Hall–Kier alpha value is -1.00. The molecule has 0 amide bonds. The summed E-state index contributed by atoms with van der Waals surface area (Å²) >= 11 is 11.3. The molecule has 0 heterocycles. The fraction of sp³-hybridized carbons (Fsp3) is 0. The molecule has 13 heavy (non-hydrogen) atoms. The largest absolute Gasteiger partial charge is 0.370 e. The van der Waals surface area contributed by atoms with E-state index in [-0.39, 0.29) is 21.7 Å². The molecule has 1 aromatic rings. The minimum absolute atomic E-state index is 0.0835. The van der Waals surface area contributed by atoms with Crippen molar-refractivity contribution >= 4 is 34.8 Å². The smallest absolute Gasteiger partial charge is 0.190 e. The molecule has 0 aliphatic heterocycles. The lowest BCUT2D eigenvalue weighted by Crippen LogP contribution is -2.20. The van der Waals surface area contributed by atoms with Gasteiger partial charge in [0.15, 0.2) is 5.96 Å². The van der Waals surface area contributed by atoms with Gasteiger partial charge >= 0.3 is 0 Å². The van der Waals surface area contributed by atoms with E-state index in [1.165, 1.54) is 0 Å². The molecule has 4 N–H and O–H groups in total. The summed E-state index contributed by atoms with van der Waals surface area (Å²) in [6, 6.07) is 2.16. The summed E-state index contributed by atoms with van der Waals surface area (Å²) in [4.78, 5) is 0. The monoisotopic (exact) mass is 221 g/mol. The second kappa shape index (κ2) is 3.81. The quantitative estimate of drug-likeness (QED) is 0.504. The molecule has 0 aromatic heterocycles. The van der Waals surface area contributed by atoms with Crippen molar-refractivity contribution in [2.45, 2.75) is 0 Å². The average molecular weight is 222 g/mol. The van der Waals surface area contributed by atoms with Crippen molar-refractivity contribution < 1.29 is 4.39 Å². The maximum absolute atomic E-state index is 12.7. The first-order chi connectivity index (χ1) is 6.00. The first-order valence-corrected chi connectivity index (χ1v) is 4.02. The molecule has 0 saturated carbocycles. The predicted molar refractivity (Wildman–Crippen MR) is 52.0 cm³/mol. The van der Waals surface area contributed by atoms with Crippen molar-refractivity contribution in [1.82, 2.24) is 0 Å². The van der Waals surface area contributed by atoms with Gasteiger partial charge < -0.3 is 11.1 Å². The van der Waals surface area contributed by atoms with Gasteiger partial charge in [-0.3, -0.25) is 5.41 Å². The molecule has 70 valence electrons. The number of anilines is 1. The maximum Gasteiger partial charge on any atom is 0.190 e. The van der Waals surface area contributed by atoms with Crippen LogP contribution in [-0.2, 0) is 0 Å². The molecule has 6 heteroatoms. The summed E-state index contributed by atoms with van der Waals surface area (Å²) in [6.07, 6.45) is 0. The molecule has 0 atom stereocenters. The predicted octanol–water partition coefficient (Wildman–Crippen LogP) is 2.44. The third-order valence-corrected chi connectivity index (χ3v) is 1.86.